The maximum atomic E-state index is 13.1. The zero-order valence-corrected chi connectivity index (χ0v) is 21.0. The molecule has 0 bridgehead atoms. The smallest absolute Gasteiger partial charge is 0.255 e. The van der Waals surface area contributed by atoms with Gasteiger partial charge < -0.3 is 25.2 Å². The number of nitrogen functional groups attached to an aromatic ring is 1. The zero-order valence-electron chi connectivity index (χ0n) is 21.0. The Hall–Kier alpha value is -4.08. The van der Waals surface area contributed by atoms with Gasteiger partial charge in [0.25, 0.3) is 11.8 Å². The van der Waals surface area contributed by atoms with Gasteiger partial charge in [0, 0.05) is 56.0 Å². The lowest BCUT2D eigenvalue weighted by atomic mass is 10.0. The van der Waals surface area contributed by atoms with Crippen molar-refractivity contribution in [2.24, 2.45) is 0 Å². The topological polar surface area (TPSA) is 125 Å². The second-order valence-electron chi connectivity index (χ2n) is 9.94. The highest BCUT2D eigenvalue weighted by molar-refractivity contribution is 6.05. The van der Waals surface area contributed by atoms with Crippen molar-refractivity contribution < 1.29 is 23.9 Å². The minimum Gasteiger partial charge on any atom is -0.489 e. The Morgan fingerprint density at radius 3 is 2.51 bits per heavy atom. The Morgan fingerprint density at radius 2 is 1.81 bits per heavy atom. The zero-order chi connectivity index (χ0) is 26.3. The van der Waals surface area contributed by atoms with Crippen molar-refractivity contribution in [3.05, 3.63) is 53.1 Å². The average molecular weight is 506 g/mol. The molecule has 5 rings (SSSR count). The molecule has 0 aliphatic carbocycles. The van der Waals surface area contributed by atoms with Crippen molar-refractivity contribution in [1.82, 2.24) is 15.1 Å². The molecule has 0 spiro atoms. The quantitative estimate of drug-likeness (QED) is 0.469. The SMILES string of the molecule is CC(C)Oc1cc(C(=O)N2CCN(c3ccc4c(c3)CN(C3CCC(=O)NC3=O)C4=O)CC2)ccc1N. The number of nitrogens with two attached hydrogens (primary N) is 1. The lowest BCUT2D eigenvalue weighted by Gasteiger charge is -2.36. The predicted molar refractivity (Wildman–Crippen MR) is 137 cm³/mol. The molecule has 4 amide bonds. The molecular formula is C27H31N5O5. The first kappa shape index (κ1) is 24.6. The second kappa shape index (κ2) is 9.76. The lowest BCUT2D eigenvalue weighted by Crippen LogP contribution is -2.52. The maximum Gasteiger partial charge on any atom is 0.255 e. The molecule has 1 atom stereocenters. The normalized spacial score (nSPS) is 19.8. The van der Waals surface area contributed by atoms with Crippen molar-refractivity contribution in [1.29, 1.82) is 0 Å². The number of carbonyl (C=O) groups excluding carboxylic acids is 4. The maximum absolute atomic E-state index is 13.1. The minimum absolute atomic E-state index is 0.0464. The van der Waals surface area contributed by atoms with E-state index in [-0.39, 0.29) is 30.2 Å². The number of ether oxygens (including phenoxy) is 1. The monoisotopic (exact) mass is 505 g/mol. The highest BCUT2D eigenvalue weighted by atomic mass is 16.5. The number of carbonyl (C=O) groups is 4. The molecular weight excluding hydrogens is 474 g/mol. The van der Waals surface area contributed by atoms with Gasteiger partial charge in [0.15, 0.2) is 0 Å². The first-order chi connectivity index (χ1) is 17.7. The van der Waals surface area contributed by atoms with E-state index in [1.54, 1.807) is 29.2 Å². The number of piperidine rings is 1. The van der Waals surface area contributed by atoms with Gasteiger partial charge in [0.05, 0.1) is 11.8 Å². The number of nitrogens with zero attached hydrogens (tertiary/aromatic N) is 3. The van der Waals surface area contributed by atoms with Crippen LogP contribution in [0.1, 0.15) is 53.0 Å². The number of benzene rings is 2. The third-order valence-electron chi connectivity index (χ3n) is 7.06. The number of rotatable bonds is 5. The van der Waals surface area contributed by atoms with Gasteiger partial charge in [-0.2, -0.15) is 0 Å². The van der Waals surface area contributed by atoms with Crippen molar-refractivity contribution in [2.45, 2.75) is 45.4 Å². The van der Waals surface area contributed by atoms with E-state index in [2.05, 4.69) is 10.2 Å². The molecule has 2 fully saturated rings. The average Bonchev–Trinajstić information content (AvgIpc) is 3.20. The molecule has 3 aliphatic heterocycles. The first-order valence-corrected chi connectivity index (χ1v) is 12.6. The van der Waals surface area contributed by atoms with Gasteiger partial charge in [-0.25, -0.2) is 0 Å². The number of amides is 4. The Kier molecular flexibility index (Phi) is 6.49. The summed E-state index contributed by atoms with van der Waals surface area (Å²) >= 11 is 0. The van der Waals surface area contributed by atoms with Crippen molar-refractivity contribution >= 4 is 35.0 Å². The Morgan fingerprint density at radius 1 is 1.05 bits per heavy atom. The fourth-order valence-corrected chi connectivity index (χ4v) is 5.13. The van der Waals surface area contributed by atoms with E-state index in [1.807, 2.05) is 30.9 Å². The highest BCUT2D eigenvalue weighted by Crippen LogP contribution is 2.31. The van der Waals surface area contributed by atoms with Crippen molar-refractivity contribution in [2.75, 3.05) is 36.8 Å². The standard InChI is InChI=1S/C27H31N5O5/c1-16(2)37-23-14-17(3-6-21(23)28)26(35)31-11-9-30(10-12-31)19-4-5-20-18(13-19)15-32(27(20)36)22-7-8-24(33)29-25(22)34/h3-6,13-14,16,22H,7-12,15,28H2,1-2H3,(H,29,33,34). The van der Waals surface area contributed by atoms with Gasteiger partial charge in [-0.05, 0) is 62.2 Å². The fraction of sp³-hybridized carbons (Fsp3) is 0.407. The summed E-state index contributed by atoms with van der Waals surface area (Å²) in [5.41, 5.74) is 9.47. The molecule has 0 radical (unpaired) electrons. The number of anilines is 2. The summed E-state index contributed by atoms with van der Waals surface area (Å²) < 4.78 is 5.73. The second-order valence-corrected chi connectivity index (χ2v) is 9.94. The summed E-state index contributed by atoms with van der Waals surface area (Å²) in [6.07, 6.45) is 0.523. The van der Waals surface area contributed by atoms with Gasteiger partial charge in [-0.3, -0.25) is 24.5 Å². The van der Waals surface area contributed by atoms with Crippen molar-refractivity contribution in [3.63, 3.8) is 0 Å². The van der Waals surface area contributed by atoms with Crippen LogP contribution in [0.2, 0.25) is 0 Å². The summed E-state index contributed by atoms with van der Waals surface area (Å²) in [6, 6.07) is 10.2. The van der Waals surface area contributed by atoms with Crippen LogP contribution in [0.3, 0.4) is 0 Å². The summed E-state index contributed by atoms with van der Waals surface area (Å²) in [7, 11) is 0. The molecule has 10 nitrogen and oxygen atoms in total. The summed E-state index contributed by atoms with van der Waals surface area (Å²) in [5.74, 6) is -0.449. The minimum atomic E-state index is -0.629. The molecule has 1 unspecified atom stereocenters. The van der Waals surface area contributed by atoms with Crippen LogP contribution in [0.15, 0.2) is 36.4 Å². The Bertz CT molecular complexity index is 1270. The molecule has 10 heteroatoms. The number of hydrogen-bond acceptors (Lipinski definition) is 7. The number of nitrogens with one attached hydrogen (secondary N) is 1. The fourth-order valence-electron chi connectivity index (χ4n) is 5.13. The number of fused-ring (bicyclic) bond motifs is 1. The number of piperazine rings is 1. The van der Waals surface area contributed by atoms with Crippen LogP contribution in [0.25, 0.3) is 0 Å². The van der Waals surface area contributed by atoms with E-state index in [0.717, 1.165) is 11.3 Å². The highest BCUT2D eigenvalue weighted by Gasteiger charge is 2.39. The van der Waals surface area contributed by atoms with Crippen LogP contribution in [-0.2, 0) is 16.1 Å². The van der Waals surface area contributed by atoms with E-state index < -0.39 is 11.9 Å². The summed E-state index contributed by atoms with van der Waals surface area (Å²) in [6.45, 7) is 6.58. The Labute approximate surface area is 215 Å². The third kappa shape index (κ3) is 4.83. The first-order valence-electron chi connectivity index (χ1n) is 12.6. The van der Waals surface area contributed by atoms with E-state index in [9.17, 15) is 19.2 Å². The predicted octanol–water partition coefficient (Wildman–Crippen LogP) is 1.78. The van der Waals surface area contributed by atoms with E-state index in [4.69, 9.17) is 10.5 Å². The number of imide groups is 1. The van der Waals surface area contributed by atoms with Crippen LogP contribution >= 0.6 is 0 Å². The van der Waals surface area contributed by atoms with Gasteiger partial charge in [0.1, 0.15) is 11.8 Å². The third-order valence-corrected chi connectivity index (χ3v) is 7.06. The molecule has 0 saturated carbocycles. The van der Waals surface area contributed by atoms with Crippen LogP contribution in [0, 0.1) is 0 Å². The van der Waals surface area contributed by atoms with Crippen LogP contribution in [-0.4, -0.2) is 71.8 Å². The van der Waals surface area contributed by atoms with Crippen LogP contribution in [0.4, 0.5) is 11.4 Å². The molecule has 3 heterocycles. The van der Waals surface area contributed by atoms with E-state index in [0.29, 0.717) is 61.7 Å². The van der Waals surface area contributed by atoms with Crippen molar-refractivity contribution in [3.8, 4) is 5.75 Å². The van der Waals surface area contributed by atoms with Gasteiger partial charge in [0.2, 0.25) is 11.8 Å². The largest absolute Gasteiger partial charge is 0.489 e. The Balaban J connectivity index is 1.23. The molecule has 2 saturated heterocycles. The van der Waals surface area contributed by atoms with E-state index in [1.165, 1.54) is 0 Å². The lowest BCUT2D eigenvalue weighted by molar-refractivity contribution is -0.136. The number of hydrogen-bond donors (Lipinski definition) is 2. The molecule has 2 aromatic carbocycles. The van der Waals surface area contributed by atoms with E-state index >= 15 is 0 Å². The summed E-state index contributed by atoms with van der Waals surface area (Å²) in [4.78, 5) is 55.4. The van der Waals surface area contributed by atoms with Crippen LogP contribution < -0.4 is 20.7 Å². The molecule has 3 aliphatic rings. The molecule has 37 heavy (non-hydrogen) atoms. The molecule has 2 aromatic rings. The molecule has 3 N–H and O–H groups in total. The summed E-state index contributed by atoms with van der Waals surface area (Å²) in [5, 5.41) is 2.33. The van der Waals surface area contributed by atoms with Crippen LogP contribution in [0.5, 0.6) is 5.75 Å². The van der Waals surface area contributed by atoms with Gasteiger partial charge >= 0.3 is 0 Å². The van der Waals surface area contributed by atoms with Gasteiger partial charge in [-0.1, -0.05) is 0 Å². The van der Waals surface area contributed by atoms with Gasteiger partial charge in [-0.15, -0.1) is 0 Å². The molecule has 0 aromatic heterocycles. The molecule has 194 valence electrons.